The Hall–Kier alpha value is -0.500. The van der Waals surface area contributed by atoms with E-state index in [9.17, 15) is 9.36 Å². The van der Waals surface area contributed by atoms with Gasteiger partial charge in [-0.2, -0.15) is 0 Å². The highest BCUT2D eigenvalue weighted by Crippen LogP contribution is 2.44. The molecule has 0 aromatic carbocycles. The summed E-state index contributed by atoms with van der Waals surface area (Å²) in [4.78, 5) is 19.1. The number of aliphatic hydroxyl groups excluding tert-OH is 1. The molecule has 14 heavy (non-hydrogen) atoms. The SMILES string of the molecule is C[C@@H](OP(=O)(O)OCO)[C@H](N)C(=O)O. The number of rotatable bonds is 6. The summed E-state index contributed by atoms with van der Waals surface area (Å²) in [7, 11) is -4.44. The summed E-state index contributed by atoms with van der Waals surface area (Å²) in [6.45, 7) is 0.186. The van der Waals surface area contributed by atoms with Crippen molar-refractivity contribution in [2.75, 3.05) is 6.79 Å². The number of carboxylic acids is 1. The lowest BCUT2D eigenvalue weighted by molar-refractivity contribution is -0.140. The van der Waals surface area contributed by atoms with Crippen LogP contribution in [-0.2, 0) is 18.4 Å². The minimum absolute atomic E-state index is 1.01. The molecular formula is C5H12NO7P. The Kier molecular flexibility index (Phi) is 5.21. The Morgan fingerprint density at radius 2 is 2.14 bits per heavy atom. The van der Waals surface area contributed by atoms with Crippen molar-refractivity contribution in [1.82, 2.24) is 0 Å². The van der Waals surface area contributed by atoms with Gasteiger partial charge in [-0.25, -0.2) is 4.57 Å². The average molecular weight is 229 g/mol. The predicted molar refractivity (Wildman–Crippen MR) is 44.2 cm³/mol. The summed E-state index contributed by atoms with van der Waals surface area (Å²) in [6, 6.07) is -1.45. The number of aliphatic hydroxyl groups is 1. The van der Waals surface area contributed by atoms with Gasteiger partial charge in [0.05, 0.1) is 6.10 Å². The zero-order valence-corrected chi connectivity index (χ0v) is 8.26. The van der Waals surface area contributed by atoms with Gasteiger partial charge in [-0.3, -0.25) is 13.8 Å². The van der Waals surface area contributed by atoms with Gasteiger partial charge in [-0.05, 0) is 6.92 Å². The second-order valence-corrected chi connectivity index (χ2v) is 3.81. The Labute approximate surface area is 79.9 Å². The first kappa shape index (κ1) is 13.5. The third kappa shape index (κ3) is 4.66. The molecule has 0 bridgehead atoms. The maximum atomic E-state index is 10.9. The van der Waals surface area contributed by atoms with Gasteiger partial charge in [0.15, 0.2) is 6.79 Å². The van der Waals surface area contributed by atoms with Crippen LogP contribution in [-0.4, -0.2) is 40.0 Å². The molecule has 0 saturated carbocycles. The van der Waals surface area contributed by atoms with Crippen LogP contribution in [0.25, 0.3) is 0 Å². The van der Waals surface area contributed by atoms with Crippen molar-refractivity contribution in [3.05, 3.63) is 0 Å². The van der Waals surface area contributed by atoms with Gasteiger partial charge in [0.25, 0.3) is 0 Å². The normalized spacial score (nSPS) is 19.7. The second kappa shape index (κ2) is 5.40. The van der Waals surface area contributed by atoms with Gasteiger partial charge >= 0.3 is 13.8 Å². The molecule has 1 unspecified atom stereocenters. The fourth-order valence-electron chi connectivity index (χ4n) is 0.580. The van der Waals surface area contributed by atoms with Gasteiger partial charge < -0.3 is 20.8 Å². The zero-order valence-electron chi connectivity index (χ0n) is 7.36. The molecule has 0 aliphatic rings. The van der Waals surface area contributed by atoms with Gasteiger partial charge in [-0.15, -0.1) is 0 Å². The quantitative estimate of drug-likeness (QED) is 0.331. The van der Waals surface area contributed by atoms with Crippen molar-refractivity contribution >= 4 is 13.8 Å². The first-order valence-electron chi connectivity index (χ1n) is 3.55. The smallest absolute Gasteiger partial charge is 0.474 e. The third-order valence-corrected chi connectivity index (χ3v) is 2.35. The number of hydrogen-bond acceptors (Lipinski definition) is 6. The van der Waals surface area contributed by atoms with Crippen molar-refractivity contribution in [2.45, 2.75) is 19.1 Å². The summed E-state index contributed by atoms with van der Waals surface area (Å²) in [5.41, 5.74) is 5.09. The molecule has 5 N–H and O–H groups in total. The number of hydrogen-bond donors (Lipinski definition) is 4. The molecule has 0 aromatic rings. The number of nitrogens with two attached hydrogens (primary N) is 1. The average Bonchev–Trinajstić information content (AvgIpc) is 2.01. The molecule has 0 fully saturated rings. The van der Waals surface area contributed by atoms with Crippen LogP contribution in [0, 0.1) is 0 Å². The van der Waals surface area contributed by atoms with Crippen molar-refractivity contribution in [3.8, 4) is 0 Å². The molecule has 0 aliphatic heterocycles. The molecule has 3 atom stereocenters. The van der Waals surface area contributed by atoms with E-state index < -0.39 is 32.7 Å². The second-order valence-electron chi connectivity index (χ2n) is 2.40. The van der Waals surface area contributed by atoms with Gasteiger partial charge in [0.1, 0.15) is 6.04 Å². The van der Waals surface area contributed by atoms with Crippen molar-refractivity contribution < 1.29 is 33.5 Å². The molecule has 84 valence electrons. The predicted octanol–water partition coefficient (Wildman–Crippen LogP) is -1.13. The van der Waals surface area contributed by atoms with Crippen molar-refractivity contribution in [3.63, 3.8) is 0 Å². The van der Waals surface area contributed by atoms with E-state index in [4.69, 9.17) is 20.8 Å². The molecule has 0 spiro atoms. The molecule has 9 heteroatoms. The van der Waals surface area contributed by atoms with E-state index in [1.165, 1.54) is 6.92 Å². The molecule has 0 amide bonds. The fraction of sp³-hybridized carbons (Fsp3) is 0.800. The van der Waals surface area contributed by atoms with E-state index in [-0.39, 0.29) is 0 Å². The number of carboxylic acid groups (broad SMARTS) is 1. The van der Waals surface area contributed by atoms with E-state index in [0.717, 1.165) is 0 Å². The largest absolute Gasteiger partial charge is 0.480 e. The molecule has 0 radical (unpaired) electrons. The number of phosphoric acid groups is 1. The molecular weight excluding hydrogens is 217 g/mol. The number of aliphatic carboxylic acids is 1. The van der Waals surface area contributed by atoms with Crippen molar-refractivity contribution in [1.29, 1.82) is 0 Å². The first-order valence-corrected chi connectivity index (χ1v) is 5.04. The van der Waals surface area contributed by atoms with E-state index in [0.29, 0.717) is 0 Å². The Bertz CT molecular complexity index is 244. The lowest BCUT2D eigenvalue weighted by Crippen LogP contribution is -2.41. The lowest BCUT2D eigenvalue weighted by atomic mass is 10.2. The highest BCUT2D eigenvalue weighted by atomic mass is 31.2. The number of phosphoric ester groups is 1. The minimum Gasteiger partial charge on any atom is -0.480 e. The fourth-order valence-corrected chi connectivity index (χ4v) is 1.34. The topological polar surface area (TPSA) is 139 Å². The molecule has 0 rings (SSSR count). The maximum Gasteiger partial charge on any atom is 0.474 e. The van der Waals surface area contributed by atoms with E-state index in [1.807, 2.05) is 0 Å². The van der Waals surface area contributed by atoms with Crippen LogP contribution < -0.4 is 5.73 Å². The van der Waals surface area contributed by atoms with E-state index in [2.05, 4.69) is 9.05 Å². The monoisotopic (exact) mass is 229 g/mol. The number of carbonyl (C=O) groups is 1. The molecule has 0 heterocycles. The summed E-state index contributed by atoms with van der Waals surface area (Å²) in [5, 5.41) is 16.6. The third-order valence-electron chi connectivity index (χ3n) is 1.31. The van der Waals surface area contributed by atoms with Crippen LogP contribution in [0.15, 0.2) is 0 Å². The summed E-state index contributed by atoms with van der Waals surface area (Å²) < 4.78 is 19.1. The summed E-state index contributed by atoms with van der Waals surface area (Å²) in [5.74, 6) is -1.37. The Balaban J connectivity index is 4.24. The zero-order chi connectivity index (χ0) is 11.4. The van der Waals surface area contributed by atoms with Crippen LogP contribution in [0.5, 0.6) is 0 Å². The molecule has 0 aliphatic carbocycles. The summed E-state index contributed by atoms with van der Waals surface area (Å²) >= 11 is 0. The van der Waals surface area contributed by atoms with Gasteiger partial charge in [0, 0.05) is 0 Å². The van der Waals surface area contributed by atoms with Crippen molar-refractivity contribution in [2.24, 2.45) is 5.73 Å². The van der Waals surface area contributed by atoms with E-state index in [1.54, 1.807) is 0 Å². The standard InChI is InChI=1S/C5H12NO7P/c1-3(4(6)5(8)9)13-14(10,11)12-2-7/h3-4,7H,2,6H2,1H3,(H,8,9)(H,10,11)/t3-,4+/m1/s1. The lowest BCUT2D eigenvalue weighted by Gasteiger charge is -2.19. The first-order chi connectivity index (χ1) is 6.30. The van der Waals surface area contributed by atoms with Gasteiger partial charge in [-0.1, -0.05) is 0 Å². The van der Waals surface area contributed by atoms with Crippen LogP contribution in [0.4, 0.5) is 0 Å². The summed E-state index contributed by atoms with van der Waals surface area (Å²) in [6.07, 6.45) is -1.21. The molecule has 0 aromatic heterocycles. The van der Waals surface area contributed by atoms with Crippen LogP contribution in [0.2, 0.25) is 0 Å². The van der Waals surface area contributed by atoms with Crippen LogP contribution in [0.3, 0.4) is 0 Å². The van der Waals surface area contributed by atoms with E-state index >= 15 is 0 Å². The Morgan fingerprint density at radius 3 is 2.50 bits per heavy atom. The van der Waals surface area contributed by atoms with Gasteiger partial charge in [0.2, 0.25) is 0 Å². The van der Waals surface area contributed by atoms with Crippen LogP contribution >= 0.6 is 7.82 Å². The Morgan fingerprint density at radius 1 is 1.64 bits per heavy atom. The highest BCUT2D eigenvalue weighted by molar-refractivity contribution is 7.47. The minimum atomic E-state index is -4.44. The molecule has 8 nitrogen and oxygen atoms in total. The highest BCUT2D eigenvalue weighted by Gasteiger charge is 2.30. The van der Waals surface area contributed by atoms with Crippen LogP contribution in [0.1, 0.15) is 6.92 Å². The maximum absolute atomic E-state index is 10.9. The molecule has 0 saturated heterocycles.